The minimum absolute atomic E-state index is 0.0661. The van der Waals surface area contributed by atoms with Crippen molar-refractivity contribution in [3.05, 3.63) is 58.3 Å². The van der Waals surface area contributed by atoms with E-state index >= 15 is 0 Å². The molecule has 0 radical (unpaired) electrons. The first kappa shape index (κ1) is 12.9. The van der Waals surface area contributed by atoms with Gasteiger partial charge in [-0.25, -0.2) is 4.39 Å². The molecule has 0 spiro atoms. The molecule has 1 unspecified atom stereocenters. The van der Waals surface area contributed by atoms with Crippen LogP contribution in [0.15, 0.2) is 46.9 Å². The fourth-order valence-corrected chi connectivity index (χ4v) is 2.15. The molecular formula is C14H13BrFNO. The van der Waals surface area contributed by atoms with Crippen LogP contribution in [0.2, 0.25) is 0 Å². The second kappa shape index (κ2) is 5.40. The van der Waals surface area contributed by atoms with Crippen molar-refractivity contribution in [3.63, 3.8) is 0 Å². The van der Waals surface area contributed by atoms with E-state index in [-0.39, 0.29) is 17.6 Å². The maximum absolute atomic E-state index is 13.1. The first-order valence-electron chi connectivity index (χ1n) is 5.57. The lowest BCUT2D eigenvalue weighted by molar-refractivity contribution is 0.465. The van der Waals surface area contributed by atoms with Gasteiger partial charge in [0.2, 0.25) is 0 Å². The minimum Gasteiger partial charge on any atom is -0.508 e. The second-order valence-electron chi connectivity index (χ2n) is 4.05. The van der Waals surface area contributed by atoms with Crippen LogP contribution in [-0.4, -0.2) is 5.11 Å². The molecule has 0 heterocycles. The van der Waals surface area contributed by atoms with Crippen molar-refractivity contribution in [3.8, 4) is 5.75 Å². The summed E-state index contributed by atoms with van der Waals surface area (Å²) in [6, 6.07) is 11.8. The molecule has 0 bridgehead atoms. The summed E-state index contributed by atoms with van der Waals surface area (Å²) in [5.74, 6) is -0.0468. The standard InChI is InChI=1S/C14H13BrFNO/c1-9(11-4-2-3-5-14(11)18)17-10-6-7-13(16)12(15)8-10/h2-9,17-18H,1H3. The van der Waals surface area contributed by atoms with E-state index in [1.165, 1.54) is 6.07 Å². The number of benzene rings is 2. The van der Waals surface area contributed by atoms with Gasteiger partial charge >= 0.3 is 0 Å². The topological polar surface area (TPSA) is 32.3 Å². The summed E-state index contributed by atoms with van der Waals surface area (Å²) in [5, 5.41) is 13.0. The fraction of sp³-hybridized carbons (Fsp3) is 0.143. The highest BCUT2D eigenvalue weighted by Crippen LogP contribution is 2.28. The predicted molar refractivity (Wildman–Crippen MR) is 74.2 cm³/mol. The average Bonchev–Trinajstić information content (AvgIpc) is 2.34. The summed E-state index contributed by atoms with van der Waals surface area (Å²) in [7, 11) is 0. The third kappa shape index (κ3) is 2.82. The highest BCUT2D eigenvalue weighted by molar-refractivity contribution is 9.10. The summed E-state index contributed by atoms with van der Waals surface area (Å²) in [6.07, 6.45) is 0. The van der Waals surface area contributed by atoms with Gasteiger partial charge in [0.1, 0.15) is 11.6 Å². The van der Waals surface area contributed by atoms with Crippen LogP contribution in [0.25, 0.3) is 0 Å². The predicted octanol–water partition coefficient (Wildman–Crippen LogP) is 4.47. The molecule has 2 N–H and O–H groups in total. The Morgan fingerprint density at radius 2 is 1.94 bits per heavy atom. The third-order valence-electron chi connectivity index (χ3n) is 2.71. The van der Waals surface area contributed by atoms with Gasteiger partial charge in [0, 0.05) is 11.3 Å². The monoisotopic (exact) mass is 309 g/mol. The zero-order valence-corrected chi connectivity index (χ0v) is 11.4. The van der Waals surface area contributed by atoms with Crippen LogP contribution in [0.5, 0.6) is 5.75 Å². The third-order valence-corrected chi connectivity index (χ3v) is 3.31. The van der Waals surface area contributed by atoms with E-state index < -0.39 is 0 Å². The van der Waals surface area contributed by atoms with Gasteiger partial charge in [-0.05, 0) is 47.1 Å². The summed E-state index contributed by atoms with van der Waals surface area (Å²) in [5.41, 5.74) is 1.59. The van der Waals surface area contributed by atoms with Gasteiger partial charge in [-0.1, -0.05) is 18.2 Å². The summed E-state index contributed by atoms with van der Waals surface area (Å²) >= 11 is 3.14. The second-order valence-corrected chi connectivity index (χ2v) is 4.91. The van der Waals surface area contributed by atoms with Crippen LogP contribution >= 0.6 is 15.9 Å². The molecular weight excluding hydrogens is 297 g/mol. The lowest BCUT2D eigenvalue weighted by atomic mass is 10.1. The minimum atomic E-state index is -0.296. The molecule has 0 amide bonds. The van der Waals surface area contributed by atoms with Crippen molar-refractivity contribution in [1.82, 2.24) is 0 Å². The molecule has 1 atom stereocenters. The molecule has 2 aromatic rings. The van der Waals surface area contributed by atoms with Crippen LogP contribution in [0.1, 0.15) is 18.5 Å². The molecule has 2 rings (SSSR count). The average molecular weight is 310 g/mol. The van der Waals surface area contributed by atoms with Crippen molar-refractivity contribution in [2.75, 3.05) is 5.32 Å². The smallest absolute Gasteiger partial charge is 0.137 e. The van der Waals surface area contributed by atoms with Crippen molar-refractivity contribution in [2.24, 2.45) is 0 Å². The number of aromatic hydroxyl groups is 1. The van der Waals surface area contributed by atoms with E-state index in [2.05, 4.69) is 21.2 Å². The quantitative estimate of drug-likeness (QED) is 0.877. The van der Waals surface area contributed by atoms with Crippen LogP contribution in [0.3, 0.4) is 0 Å². The number of hydrogen-bond acceptors (Lipinski definition) is 2. The van der Waals surface area contributed by atoms with Crippen molar-refractivity contribution in [1.29, 1.82) is 0 Å². The molecule has 0 fully saturated rings. The van der Waals surface area contributed by atoms with Gasteiger partial charge in [0.05, 0.1) is 10.5 Å². The number of phenolic OH excluding ortho intramolecular Hbond substituents is 1. The molecule has 0 aliphatic heterocycles. The molecule has 0 aliphatic rings. The van der Waals surface area contributed by atoms with Gasteiger partial charge in [-0.15, -0.1) is 0 Å². The van der Waals surface area contributed by atoms with Crippen LogP contribution < -0.4 is 5.32 Å². The Balaban J connectivity index is 2.19. The maximum Gasteiger partial charge on any atom is 0.137 e. The van der Waals surface area contributed by atoms with E-state index in [1.54, 1.807) is 24.3 Å². The Kier molecular flexibility index (Phi) is 3.87. The van der Waals surface area contributed by atoms with Crippen LogP contribution in [-0.2, 0) is 0 Å². The molecule has 94 valence electrons. The van der Waals surface area contributed by atoms with E-state index in [0.29, 0.717) is 4.47 Å². The van der Waals surface area contributed by atoms with Gasteiger partial charge in [0.25, 0.3) is 0 Å². The molecule has 0 saturated carbocycles. The van der Waals surface area contributed by atoms with E-state index in [9.17, 15) is 9.50 Å². The molecule has 0 aromatic heterocycles. The van der Waals surface area contributed by atoms with Gasteiger partial charge in [-0.3, -0.25) is 0 Å². The highest BCUT2D eigenvalue weighted by atomic mass is 79.9. The zero-order valence-electron chi connectivity index (χ0n) is 9.82. The number of hydrogen-bond donors (Lipinski definition) is 2. The first-order valence-corrected chi connectivity index (χ1v) is 6.36. The van der Waals surface area contributed by atoms with Gasteiger partial charge in [0.15, 0.2) is 0 Å². The summed E-state index contributed by atoms with van der Waals surface area (Å²) in [4.78, 5) is 0. The van der Waals surface area contributed by atoms with Crippen LogP contribution in [0, 0.1) is 5.82 Å². The van der Waals surface area contributed by atoms with Crippen molar-refractivity contribution in [2.45, 2.75) is 13.0 Å². The number of para-hydroxylation sites is 1. The number of nitrogens with one attached hydrogen (secondary N) is 1. The Labute approximate surface area is 114 Å². The van der Waals surface area contributed by atoms with Crippen LogP contribution in [0.4, 0.5) is 10.1 Å². The largest absolute Gasteiger partial charge is 0.508 e. The molecule has 0 saturated heterocycles. The number of halogens is 2. The van der Waals surface area contributed by atoms with Crippen molar-refractivity contribution < 1.29 is 9.50 Å². The molecule has 2 aromatic carbocycles. The van der Waals surface area contributed by atoms with Crippen molar-refractivity contribution >= 4 is 21.6 Å². The molecule has 0 aliphatic carbocycles. The van der Waals surface area contributed by atoms with Gasteiger partial charge in [-0.2, -0.15) is 0 Å². The van der Waals surface area contributed by atoms with E-state index in [4.69, 9.17) is 0 Å². The Bertz CT molecular complexity index is 559. The maximum atomic E-state index is 13.1. The van der Waals surface area contributed by atoms with E-state index in [0.717, 1.165) is 11.3 Å². The fourth-order valence-electron chi connectivity index (χ4n) is 1.77. The first-order chi connectivity index (χ1) is 8.58. The normalized spacial score (nSPS) is 12.2. The molecule has 2 nitrogen and oxygen atoms in total. The number of rotatable bonds is 3. The lowest BCUT2D eigenvalue weighted by Gasteiger charge is -2.17. The number of phenols is 1. The van der Waals surface area contributed by atoms with E-state index in [1.807, 2.05) is 19.1 Å². The zero-order chi connectivity index (χ0) is 13.1. The van der Waals surface area contributed by atoms with Gasteiger partial charge < -0.3 is 10.4 Å². The summed E-state index contributed by atoms with van der Waals surface area (Å²) < 4.78 is 13.5. The SMILES string of the molecule is CC(Nc1ccc(F)c(Br)c1)c1ccccc1O. The lowest BCUT2D eigenvalue weighted by Crippen LogP contribution is -2.06. The molecule has 4 heteroatoms. The number of anilines is 1. The highest BCUT2D eigenvalue weighted by Gasteiger charge is 2.10. The Morgan fingerprint density at radius 3 is 2.61 bits per heavy atom. The Morgan fingerprint density at radius 1 is 1.22 bits per heavy atom. The molecule has 18 heavy (non-hydrogen) atoms. The summed E-state index contributed by atoms with van der Waals surface area (Å²) in [6.45, 7) is 1.94. The Hall–Kier alpha value is -1.55.